The largest absolute Gasteiger partial charge is 0.355 e. The zero-order valence-corrected chi connectivity index (χ0v) is 26.1. The van der Waals surface area contributed by atoms with Crippen molar-refractivity contribution in [3.63, 3.8) is 0 Å². The van der Waals surface area contributed by atoms with Gasteiger partial charge in [0.1, 0.15) is 5.65 Å². The lowest BCUT2D eigenvalue weighted by Crippen LogP contribution is -2.41. The molecule has 218 valence electrons. The van der Waals surface area contributed by atoms with Crippen molar-refractivity contribution in [2.75, 3.05) is 13.6 Å². The number of hydrogen-bond donors (Lipinski definition) is 1. The van der Waals surface area contributed by atoms with E-state index in [0.29, 0.717) is 58.1 Å². The highest BCUT2D eigenvalue weighted by molar-refractivity contribution is 9.10. The highest BCUT2D eigenvalue weighted by atomic mass is 79.9. The number of aromatic nitrogens is 3. The molecule has 0 spiro atoms. The summed E-state index contributed by atoms with van der Waals surface area (Å²) in [7, 11) is 1.58. The third-order valence-electron chi connectivity index (χ3n) is 7.94. The number of rotatable bonds is 6. The first-order valence-electron chi connectivity index (χ1n) is 14.0. The van der Waals surface area contributed by atoms with E-state index in [4.69, 9.17) is 16.7 Å². The normalized spacial score (nSPS) is 12.8. The minimum atomic E-state index is -0.200. The van der Waals surface area contributed by atoms with E-state index in [1.54, 1.807) is 59.0 Å². The van der Waals surface area contributed by atoms with Crippen LogP contribution in [0, 0.1) is 6.92 Å². The molecule has 3 aromatic carbocycles. The molecule has 0 aliphatic carbocycles. The van der Waals surface area contributed by atoms with Crippen LogP contribution in [0.15, 0.2) is 82.2 Å². The predicted octanol–water partition coefficient (Wildman–Crippen LogP) is 5.55. The van der Waals surface area contributed by atoms with Crippen LogP contribution in [0.2, 0.25) is 5.02 Å². The van der Waals surface area contributed by atoms with Crippen LogP contribution >= 0.6 is 27.5 Å². The standard InChI is InChI=1S/C33H29BrClN5O3/c1-20-3-5-21(6-4-20)7-8-24-18-37-40-29-19-38(32(42)23-11-14-27(34)28(35)17-23)16-15-26(29)33(43)39(31(24)40)25-12-9-22(10-13-25)30(41)36-2/h3-6,9-14,17-18H,7-8,15-16,19H2,1-2H3,(H,36,41). The Morgan fingerprint density at radius 2 is 1.72 bits per heavy atom. The molecule has 6 rings (SSSR count). The second kappa shape index (κ2) is 11.8. The second-order valence-corrected chi connectivity index (χ2v) is 11.9. The molecular formula is C33H29BrClN5O3. The average molecular weight is 659 g/mol. The molecule has 10 heteroatoms. The van der Waals surface area contributed by atoms with Crippen molar-refractivity contribution in [1.29, 1.82) is 0 Å². The number of hydrogen-bond acceptors (Lipinski definition) is 4. The number of amides is 2. The lowest BCUT2D eigenvalue weighted by atomic mass is 10.0. The van der Waals surface area contributed by atoms with E-state index in [0.717, 1.165) is 16.5 Å². The molecule has 2 amide bonds. The first-order chi connectivity index (χ1) is 20.7. The van der Waals surface area contributed by atoms with Gasteiger partial charge >= 0.3 is 0 Å². The van der Waals surface area contributed by atoms with E-state index in [1.165, 1.54) is 11.1 Å². The smallest absolute Gasteiger partial charge is 0.261 e. The predicted molar refractivity (Wildman–Crippen MR) is 170 cm³/mol. The molecule has 0 unspecified atom stereocenters. The average Bonchev–Trinajstić information content (AvgIpc) is 3.45. The van der Waals surface area contributed by atoms with Gasteiger partial charge in [-0.15, -0.1) is 0 Å². The Labute approximate surface area is 262 Å². The summed E-state index contributed by atoms with van der Waals surface area (Å²) in [5.41, 5.74) is 6.76. The topological polar surface area (TPSA) is 88.7 Å². The Bertz CT molecular complexity index is 1930. The molecule has 1 aliphatic heterocycles. The van der Waals surface area contributed by atoms with Gasteiger partial charge < -0.3 is 10.2 Å². The lowest BCUT2D eigenvalue weighted by molar-refractivity contribution is 0.0729. The Balaban J connectivity index is 1.44. The Morgan fingerprint density at radius 3 is 2.42 bits per heavy atom. The maximum Gasteiger partial charge on any atom is 0.261 e. The van der Waals surface area contributed by atoms with Gasteiger partial charge in [0.25, 0.3) is 17.4 Å². The van der Waals surface area contributed by atoms with Crippen molar-refractivity contribution in [1.82, 2.24) is 24.4 Å². The van der Waals surface area contributed by atoms with Crippen molar-refractivity contribution in [2.45, 2.75) is 32.7 Å². The van der Waals surface area contributed by atoms with E-state index in [2.05, 4.69) is 52.4 Å². The summed E-state index contributed by atoms with van der Waals surface area (Å²) in [6, 6.07) is 20.6. The maximum atomic E-state index is 14.2. The number of benzene rings is 3. The molecule has 2 aromatic heterocycles. The monoisotopic (exact) mass is 657 g/mol. The van der Waals surface area contributed by atoms with E-state index >= 15 is 0 Å². The minimum Gasteiger partial charge on any atom is -0.355 e. The van der Waals surface area contributed by atoms with Gasteiger partial charge in [-0.1, -0.05) is 41.4 Å². The minimum absolute atomic E-state index is 0.147. The van der Waals surface area contributed by atoms with E-state index in [9.17, 15) is 14.4 Å². The third kappa shape index (κ3) is 5.50. The highest BCUT2D eigenvalue weighted by Gasteiger charge is 2.29. The molecule has 0 bridgehead atoms. The van der Waals surface area contributed by atoms with Gasteiger partial charge in [0.15, 0.2) is 0 Å². The fourth-order valence-electron chi connectivity index (χ4n) is 5.56. The van der Waals surface area contributed by atoms with Gasteiger partial charge in [-0.05, 0) is 90.1 Å². The van der Waals surface area contributed by atoms with Crippen molar-refractivity contribution < 1.29 is 9.59 Å². The van der Waals surface area contributed by atoms with Gasteiger partial charge in [0.05, 0.1) is 29.1 Å². The Kier molecular flexibility index (Phi) is 7.94. The SMILES string of the molecule is CNC(=O)c1ccc(-n2c(=O)c3c(n4ncc(CCc5ccc(C)cc5)c24)CN(C(=O)c2ccc(Br)c(Cl)c2)CC3)cc1. The fourth-order valence-corrected chi connectivity index (χ4v) is 5.98. The van der Waals surface area contributed by atoms with Crippen LogP contribution in [0.1, 0.15) is 48.7 Å². The molecule has 8 nitrogen and oxygen atoms in total. The molecule has 5 aromatic rings. The van der Waals surface area contributed by atoms with Crippen molar-refractivity contribution in [3.05, 3.63) is 132 Å². The van der Waals surface area contributed by atoms with E-state index in [-0.39, 0.29) is 23.9 Å². The first-order valence-corrected chi connectivity index (χ1v) is 15.2. The van der Waals surface area contributed by atoms with Crippen molar-refractivity contribution in [3.8, 4) is 5.69 Å². The fraction of sp³-hybridized carbons (Fsp3) is 0.212. The summed E-state index contributed by atoms with van der Waals surface area (Å²) in [6.07, 6.45) is 3.64. The van der Waals surface area contributed by atoms with Gasteiger partial charge in [0.2, 0.25) is 0 Å². The number of aryl methyl sites for hydroxylation is 3. The van der Waals surface area contributed by atoms with Gasteiger partial charge in [-0.25, -0.2) is 4.52 Å². The van der Waals surface area contributed by atoms with E-state index < -0.39 is 0 Å². The highest BCUT2D eigenvalue weighted by Crippen LogP contribution is 2.27. The molecule has 1 aliphatic rings. The Hall–Kier alpha value is -4.21. The molecule has 0 fully saturated rings. The number of nitrogens with zero attached hydrogens (tertiary/aromatic N) is 4. The van der Waals surface area contributed by atoms with Crippen molar-refractivity contribution >= 4 is 45.0 Å². The zero-order valence-electron chi connectivity index (χ0n) is 23.7. The number of fused-ring (bicyclic) bond motifs is 3. The summed E-state index contributed by atoms with van der Waals surface area (Å²) in [5, 5.41) is 7.85. The molecule has 1 N–H and O–H groups in total. The quantitative estimate of drug-likeness (QED) is 0.259. The van der Waals surface area contributed by atoms with Gasteiger partial charge in [-0.2, -0.15) is 5.10 Å². The van der Waals surface area contributed by atoms with Crippen LogP contribution in [-0.2, 0) is 25.8 Å². The molecule has 0 radical (unpaired) electrons. The summed E-state index contributed by atoms with van der Waals surface area (Å²) in [4.78, 5) is 41.6. The van der Waals surface area contributed by atoms with Crippen LogP contribution in [0.4, 0.5) is 0 Å². The molecular weight excluding hydrogens is 630 g/mol. The molecule has 0 saturated heterocycles. The van der Waals surface area contributed by atoms with Crippen LogP contribution < -0.4 is 10.9 Å². The summed E-state index contributed by atoms with van der Waals surface area (Å²) in [6.45, 7) is 2.69. The number of carbonyl (C=O) groups is 2. The molecule has 0 atom stereocenters. The summed E-state index contributed by atoms with van der Waals surface area (Å²) in [5.74, 6) is -0.358. The van der Waals surface area contributed by atoms with Crippen LogP contribution in [0.25, 0.3) is 11.3 Å². The van der Waals surface area contributed by atoms with E-state index in [1.807, 2.05) is 10.7 Å². The third-order valence-corrected chi connectivity index (χ3v) is 9.17. The molecule has 0 saturated carbocycles. The number of nitrogens with one attached hydrogen (secondary N) is 1. The molecule has 3 heterocycles. The van der Waals surface area contributed by atoms with Crippen LogP contribution in [0.5, 0.6) is 0 Å². The maximum absolute atomic E-state index is 14.2. The van der Waals surface area contributed by atoms with Crippen LogP contribution in [0.3, 0.4) is 0 Å². The molecule has 43 heavy (non-hydrogen) atoms. The lowest BCUT2D eigenvalue weighted by Gasteiger charge is -2.30. The number of carbonyl (C=O) groups excluding carboxylic acids is 2. The van der Waals surface area contributed by atoms with Crippen molar-refractivity contribution in [2.24, 2.45) is 0 Å². The van der Waals surface area contributed by atoms with Crippen LogP contribution in [-0.4, -0.2) is 44.5 Å². The summed E-state index contributed by atoms with van der Waals surface area (Å²) >= 11 is 9.65. The summed E-state index contributed by atoms with van der Waals surface area (Å²) < 4.78 is 4.22. The number of halogens is 2. The zero-order chi connectivity index (χ0) is 30.2. The van der Waals surface area contributed by atoms with Gasteiger partial charge in [0, 0.05) is 40.3 Å². The first kappa shape index (κ1) is 28.9. The second-order valence-electron chi connectivity index (χ2n) is 10.7. The Morgan fingerprint density at radius 1 is 1.00 bits per heavy atom. The van der Waals surface area contributed by atoms with Gasteiger partial charge in [-0.3, -0.25) is 19.0 Å².